The molecule has 1 aromatic heterocycles. The van der Waals surface area contributed by atoms with E-state index in [9.17, 15) is 4.39 Å². The number of ether oxygens (including phenoxy) is 1. The maximum absolute atomic E-state index is 12.9. The van der Waals surface area contributed by atoms with Crippen LogP contribution in [0.5, 0.6) is 5.75 Å². The molecule has 13 heavy (non-hydrogen) atoms. The molecule has 0 fully saturated rings. The van der Waals surface area contributed by atoms with Gasteiger partial charge in [0.25, 0.3) is 5.95 Å². The topological polar surface area (TPSA) is 48.1 Å². The van der Waals surface area contributed by atoms with Crippen molar-refractivity contribution < 1.29 is 9.13 Å². The molecule has 2 N–H and O–H groups in total. The molecule has 1 rings (SSSR count). The molecule has 0 radical (unpaired) electrons. The fraction of sp³-hybridized carbons (Fsp3) is 0.375. The summed E-state index contributed by atoms with van der Waals surface area (Å²) in [5.74, 6) is -0.581. The Kier molecular flexibility index (Phi) is 3.92. The van der Waals surface area contributed by atoms with E-state index in [4.69, 9.17) is 22.1 Å². The van der Waals surface area contributed by atoms with Crippen LogP contribution in [-0.4, -0.2) is 18.1 Å². The van der Waals surface area contributed by atoms with Gasteiger partial charge in [0.15, 0.2) is 5.75 Å². The summed E-state index contributed by atoms with van der Waals surface area (Å²) in [7, 11) is 0. The molecule has 0 spiro atoms. The fourth-order valence-electron chi connectivity index (χ4n) is 0.771. The molecule has 72 valence electrons. The highest BCUT2D eigenvalue weighted by molar-refractivity contribution is 6.30. The van der Waals surface area contributed by atoms with E-state index < -0.39 is 5.95 Å². The average Bonchev–Trinajstić information content (AvgIpc) is 2.11. The average molecular weight is 205 g/mol. The standard InChI is InChI=1S/C8H10ClFN2O/c9-6-4-7(8(10)12-5-6)13-3-1-2-11/h4-5H,1-3,11H2. The van der Waals surface area contributed by atoms with Crippen molar-refractivity contribution in [1.29, 1.82) is 0 Å². The molecule has 0 atom stereocenters. The summed E-state index contributed by atoms with van der Waals surface area (Å²) >= 11 is 5.60. The molecular weight excluding hydrogens is 195 g/mol. The Labute approximate surface area is 80.7 Å². The van der Waals surface area contributed by atoms with Gasteiger partial charge in [-0.1, -0.05) is 11.6 Å². The fourth-order valence-corrected chi connectivity index (χ4v) is 0.919. The second-order valence-corrected chi connectivity index (χ2v) is 2.87. The third-order valence-electron chi connectivity index (χ3n) is 1.38. The Hall–Kier alpha value is -0.870. The molecule has 0 amide bonds. The first-order valence-electron chi connectivity index (χ1n) is 3.88. The van der Waals surface area contributed by atoms with Gasteiger partial charge in [0.05, 0.1) is 11.6 Å². The van der Waals surface area contributed by atoms with Crippen LogP contribution in [0.25, 0.3) is 0 Å². The summed E-state index contributed by atoms with van der Waals surface area (Å²) in [5.41, 5.74) is 5.25. The molecular formula is C8H10ClFN2O. The van der Waals surface area contributed by atoms with Gasteiger partial charge in [0.1, 0.15) is 0 Å². The largest absolute Gasteiger partial charge is 0.489 e. The normalized spacial score (nSPS) is 10.1. The Morgan fingerprint density at radius 2 is 2.38 bits per heavy atom. The van der Waals surface area contributed by atoms with Crippen molar-refractivity contribution in [2.75, 3.05) is 13.2 Å². The van der Waals surface area contributed by atoms with Crippen LogP contribution in [0.3, 0.4) is 0 Å². The first kappa shape index (κ1) is 10.2. The van der Waals surface area contributed by atoms with Crippen LogP contribution in [-0.2, 0) is 0 Å². The molecule has 0 aliphatic carbocycles. The van der Waals surface area contributed by atoms with Crippen molar-refractivity contribution in [3.63, 3.8) is 0 Å². The summed E-state index contributed by atoms with van der Waals surface area (Å²) < 4.78 is 17.9. The first-order chi connectivity index (χ1) is 6.24. The summed E-state index contributed by atoms with van der Waals surface area (Å²) in [6, 6.07) is 1.39. The van der Waals surface area contributed by atoms with Crippen LogP contribution in [0, 0.1) is 5.95 Å². The van der Waals surface area contributed by atoms with E-state index in [1.165, 1.54) is 12.3 Å². The van der Waals surface area contributed by atoms with E-state index in [0.717, 1.165) is 0 Å². The summed E-state index contributed by atoms with van der Waals surface area (Å²) in [6.07, 6.45) is 1.90. The highest BCUT2D eigenvalue weighted by Gasteiger charge is 2.04. The highest BCUT2D eigenvalue weighted by Crippen LogP contribution is 2.19. The van der Waals surface area contributed by atoms with E-state index in [-0.39, 0.29) is 5.75 Å². The first-order valence-corrected chi connectivity index (χ1v) is 4.25. The third kappa shape index (κ3) is 3.16. The van der Waals surface area contributed by atoms with Gasteiger partial charge < -0.3 is 10.5 Å². The molecule has 0 aromatic carbocycles. The maximum Gasteiger partial charge on any atom is 0.255 e. The quantitative estimate of drug-likeness (QED) is 0.599. The van der Waals surface area contributed by atoms with Gasteiger partial charge in [-0.2, -0.15) is 4.39 Å². The van der Waals surface area contributed by atoms with Crippen molar-refractivity contribution in [2.24, 2.45) is 5.73 Å². The highest BCUT2D eigenvalue weighted by atomic mass is 35.5. The Bertz CT molecular complexity index is 283. The van der Waals surface area contributed by atoms with E-state index in [2.05, 4.69) is 4.98 Å². The van der Waals surface area contributed by atoms with Crippen molar-refractivity contribution in [3.05, 3.63) is 23.2 Å². The van der Waals surface area contributed by atoms with E-state index in [0.29, 0.717) is 24.6 Å². The Morgan fingerprint density at radius 3 is 3.08 bits per heavy atom. The zero-order valence-electron chi connectivity index (χ0n) is 6.96. The monoisotopic (exact) mass is 204 g/mol. The van der Waals surface area contributed by atoms with Crippen molar-refractivity contribution in [1.82, 2.24) is 4.98 Å². The number of aromatic nitrogens is 1. The zero-order chi connectivity index (χ0) is 9.68. The number of rotatable bonds is 4. The molecule has 3 nitrogen and oxygen atoms in total. The number of hydrogen-bond acceptors (Lipinski definition) is 3. The second kappa shape index (κ2) is 4.99. The van der Waals surface area contributed by atoms with Gasteiger partial charge in [-0.15, -0.1) is 0 Å². The lowest BCUT2D eigenvalue weighted by molar-refractivity contribution is 0.293. The summed E-state index contributed by atoms with van der Waals surface area (Å²) in [5, 5.41) is 0.351. The molecule has 5 heteroatoms. The Balaban J connectivity index is 2.59. The van der Waals surface area contributed by atoms with Gasteiger partial charge in [0, 0.05) is 12.3 Å². The number of nitrogens with two attached hydrogens (primary N) is 1. The lowest BCUT2D eigenvalue weighted by Gasteiger charge is -2.05. The molecule has 0 unspecified atom stereocenters. The van der Waals surface area contributed by atoms with E-state index in [1.54, 1.807) is 0 Å². The van der Waals surface area contributed by atoms with E-state index >= 15 is 0 Å². The molecule has 0 saturated carbocycles. The van der Waals surface area contributed by atoms with Crippen LogP contribution in [0.4, 0.5) is 4.39 Å². The molecule has 1 heterocycles. The van der Waals surface area contributed by atoms with Gasteiger partial charge in [-0.3, -0.25) is 0 Å². The minimum Gasteiger partial charge on any atom is -0.489 e. The van der Waals surface area contributed by atoms with Crippen LogP contribution >= 0.6 is 11.6 Å². The molecule has 0 aliphatic heterocycles. The molecule has 0 aliphatic rings. The van der Waals surface area contributed by atoms with Crippen molar-refractivity contribution in [3.8, 4) is 5.75 Å². The number of nitrogens with zero attached hydrogens (tertiary/aromatic N) is 1. The summed E-state index contributed by atoms with van der Waals surface area (Å²) in [6.45, 7) is 0.880. The van der Waals surface area contributed by atoms with Gasteiger partial charge in [-0.25, -0.2) is 4.98 Å². The third-order valence-corrected chi connectivity index (χ3v) is 1.59. The smallest absolute Gasteiger partial charge is 0.255 e. The van der Waals surface area contributed by atoms with Crippen molar-refractivity contribution >= 4 is 11.6 Å². The lowest BCUT2D eigenvalue weighted by Crippen LogP contribution is -2.07. The maximum atomic E-state index is 12.9. The SMILES string of the molecule is NCCCOc1cc(Cl)cnc1F. The number of hydrogen-bond donors (Lipinski definition) is 1. The van der Waals surface area contributed by atoms with Crippen LogP contribution < -0.4 is 10.5 Å². The Morgan fingerprint density at radius 1 is 1.62 bits per heavy atom. The van der Waals surface area contributed by atoms with Crippen molar-refractivity contribution in [2.45, 2.75) is 6.42 Å². The lowest BCUT2D eigenvalue weighted by atomic mass is 10.4. The number of halogens is 2. The molecule has 0 bridgehead atoms. The number of pyridine rings is 1. The van der Waals surface area contributed by atoms with Gasteiger partial charge in [0.2, 0.25) is 0 Å². The zero-order valence-corrected chi connectivity index (χ0v) is 7.72. The predicted molar refractivity (Wildman–Crippen MR) is 48.4 cm³/mol. The van der Waals surface area contributed by atoms with E-state index in [1.807, 2.05) is 0 Å². The molecule has 0 saturated heterocycles. The second-order valence-electron chi connectivity index (χ2n) is 2.43. The minimum absolute atomic E-state index is 0.0703. The molecule has 1 aromatic rings. The van der Waals surface area contributed by atoms with Gasteiger partial charge in [-0.05, 0) is 13.0 Å². The van der Waals surface area contributed by atoms with Crippen LogP contribution in [0.15, 0.2) is 12.3 Å². The predicted octanol–water partition coefficient (Wildman–Crippen LogP) is 1.60. The minimum atomic E-state index is -0.651. The van der Waals surface area contributed by atoms with Gasteiger partial charge >= 0.3 is 0 Å². The van der Waals surface area contributed by atoms with Crippen LogP contribution in [0.2, 0.25) is 5.02 Å². The summed E-state index contributed by atoms with van der Waals surface area (Å²) in [4.78, 5) is 3.40. The van der Waals surface area contributed by atoms with Crippen LogP contribution in [0.1, 0.15) is 6.42 Å².